The number of allylic oxidation sites excluding steroid dienone is 1. The van der Waals surface area contributed by atoms with Crippen LogP contribution in [0, 0.1) is 6.92 Å². The Kier molecular flexibility index (Phi) is 9.38. The first-order valence-electron chi connectivity index (χ1n) is 14.0. The predicted octanol–water partition coefficient (Wildman–Crippen LogP) is 7.77. The second-order valence-electron chi connectivity index (χ2n) is 10.2. The van der Waals surface area contributed by atoms with Crippen LogP contribution < -0.4 is 15.0 Å². The van der Waals surface area contributed by atoms with Crippen molar-refractivity contribution >= 4 is 34.2 Å². The minimum Gasteiger partial charge on any atom is -0.406 e. The van der Waals surface area contributed by atoms with E-state index in [4.69, 9.17) is 0 Å². The van der Waals surface area contributed by atoms with Gasteiger partial charge in [0, 0.05) is 29.7 Å². The Hall–Kier alpha value is -4.58. The van der Waals surface area contributed by atoms with Crippen LogP contribution in [-0.4, -0.2) is 44.6 Å². The first-order chi connectivity index (χ1) is 21.1. The van der Waals surface area contributed by atoms with Gasteiger partial charge in [0.2, 0.25) is 0 Å². The number of thioether (sulfide) groups is 1. The molecule has 1 aliphatic rings. The largest absolute Gasteiger partial charge is 0.573 e. The van der Waals surface area contributed by atoms with Gasteiger partial charge in [0.15, 0.2) is 11.0 Å². The molecule has 0 atom stereocenters. The van der Waals surface area contributed by atoms with Gasteiger partial charge >= 0.3 is 12.4 Å². The van der Waals surface area contributed by atoms with Gasteiger partial charge in [0.05, 0.1) is 5.69 Å². The Bertz CT molecular complexity index is 1680. The molecule has 3 aromatic carbocycles. The molecule has 2 heterocycles. The van der Waals surface area contributed by atoms with Gasteiger partial charge < -0.3 is 15.0 Å². The number of carbonyl (C=O) groups is 1. The summed E-state index contributed by atoms with van der Waals surface area (Å²) in [4.78, 5) is 23.6. The maximum atomic E-state index is 12.8. The lowest BCUT2D eigenvalue weighted by Crippen LogP contribution is -2.27. The maximum absolute atomic E-state index is 12.8. The molecule has 1 fully saturated rings. The van der Waals surface area contributed by atoms with Crippen molar-refractivity contribution in [2.45, 2.75) is 40.0 Å². The van der Waals surface area contributed by atoms with E-state index in [0.29, 0.717) is 16.7 Å². The minimum atomic E-state index is -4.75. The standard InChI is InChI=1S/C32H31F3N6O2S/c1-4-5-24-7-6-21(2)18-28(24)40-16-17-44-31(40)38-30(42)36-19-22(3)23-8-10-25(11-9-23)29-37-20-41(39-29)26-12-14-27(15-13-26)43-32(33,34)35/h6-15,18-20H,4-5,16-17H2,1-3H3,(H,36,42)/b22-19+,38-31?. The highest BCUT2D eigenvalue weighted by Crippen LogP contribution is 2.31. The number of halogens is 3. The van der Waals surface area contributed by atoms with Gasteiger partial charge in [-0.25, -0.2) is 14.5 Å². The number of benzene rings is 3. The molecular formula is C32H31F3N6O2S. The van der Waals surface area contributed by atoms with Crippen molar-refractivity contribution in [2.24, 2.45) is 4.99 Å². The third kappa shape index (κ3) is 7.67. The van der Waals surface area contributed by atoms with Crippen molar-refractivity contribution in [2.75, 3.05) is 17.2 Å². The summed E-state index contributed by atoms with van der Waals surface area (Å²) >= 11 is 1.57. The van der Waals surface area contributed by atoms with Crippen molar-refractivity contribution in [1.29, 1.82) is 0 Å². The molecule has 0 bridgehead atoms. The SMILES string of the molecule is CCCc1ccc(C)cc1N1CCSC1=NC(=O)N/C=C(\C)c1ccc(-c2ncn(-c3ccc(OC(F)(F)F)cc3)n2)cc1. The Labute approximate surface area is 257 Å². The first-order valence-corrected chi connectivity index (χ1v) is 15.0. The van der Waals surface area contributed by atoms with Crippen molar-refractivity contribution < 1.29 is 22.7 Å². The number of nitrogens with zero attached hydrogens (tertiary/aromatic N) is 5. The number of hydrogen-bond donors (Lipinski definition) is 1. The second-order valence-corrected chi connectivity index (χ2v) is 11.2. The highest BCUT2D eigenvalue weighted by Gasteiger charge is 2.31. The summed E-state index contributed by atoms with van der Waals surface area (Å²) in [5.74, 6) is 1.00. The Morgan fingerprint density at radius 2 is 1.86 bits per heavy atom. The molecule has 1 aromatic heterocycles. The van der Waals surface area contributed by atoms with Crippen LogP contribution in [-0.2, 0) is 6.42 Å². The van der Waals surface area contributed by atoms with E-state index in [1.165, 1.54) is 46.4 Å². The fraction of sp³-hybridized carbons (Fsp3) is 0.250. The van der Waals surface area contributed by atoms with E-state index in [9.17, 15) is 18.0 Å². The number of aliphatic imine (C=N–C) groups is 1. The minimum absolute atomic E-state index is 0.313. The van der Waals surface area contributed by atoms with Gasteiger partial charge in [0.25, 0.3) is 0 Å². The second kappa shape index (κ2) is 13.4. The van der Waals surface area contributed by atoms with Gasteiger partial charge in [-0.3, -0.25) is 0 Å². The number of aryl methyl sites for hydroxylation is 2. The summed E-state index contributed by atoms with van der Waals surface area (Å²) in [6, 6.07) is 18.9. The molecule has 1 aliphatic heterocycles. The zero-order valence-electron chi connectivity index (χ0n) is 24.4. The zero-order chi connectivity index (χ0) is 31.3. The smallest absolute Gasteiger partial charge is 0.406 e. The number of hydrogen-bond acceptors (Lipinski definition) is 5. The molecule has 1 saturated heterocycles. The van der Waals surface area contributed by atoms with E-state index in [1.54, 1.807) is 18.0 Å². The average molecular weight is 621 g/mol. The van der Waals surface area contributed by atoms with E-state index >= 15 is 0 Å². The third-order valence-corrected chi connectivity index (χ3v) is 7.82. The van der Waals surface area contributed by atoms with Crippen molar-refractivity contribution in [3.8, 4) is 22.8 Å². The number of ether oxygens (including phenoxy) is 1. The van der Waals surface area contributed by atoms with Crippen molar-refractivity contribution in [1.82, 2.24) is 20.1 Å². The average Bonchev–Trinajstić information content (AvgIpc) is 3.67. The highest BCUT2D eigenvalue weighted by molar-refractivity contribution is 8.14. The van der Waals surface area contributed by atoms with Crippen molar-refractivity contribution in [3.63, 3.8) is 0 Å². The molecule has 5 rings (SSSR count). The molecule has 8 nitrogen and oxygen atoms in total. The van der Waals surface area contributed by atoms with Crippen LogP contribution in [0.5, 0.6) is 5.75 Å². The van der Waals surface area contributed by atoms with Gasteiger partial charge in [0.1, 0.15) is 12.1 Å². The topological polar surface area (TPSA) is 84.6 Å². The molecule has 0 unspecified atom stereocenters. The molecule has 0 saturated carbocycles. The van der Waals surface area contributed by atoms with E-state index in [1.807, 2.05) is 31.2 Å². The molecule has 2 amide bonds. The molecule has 1 N–H and O–H groups in total. The molecule has 44 heavy (non-hydrogen) atoms. The first kappa shape index (κ1) is 30.9. The maximum Gasteiger partial charge on any atom is 0.573 e. The van der Waals surface area contributed by atoms with Crippen LogP contribution in [0.1, 0.15) is 37.0 Å². The van der Waals surface area contributed by atoms with Gasteiger partial charge in [-0.1, -0.05) is 61.5 Å². The van der Waals surface area contributed by atoms with Gasteiger partial charge in [-0.15, -0.1) is 18.3 Å². The molecule has 0 aliphatic carbocycles. The number of aromatic nitrogens is 3. The number of anilines is 1. The monoisotopic (exact) mass is 620 g/mol. The zero-order valence-corrected chi connectivity index (χ0v) is 25.2. The number of urea groups is 1. The third-order valence-electron chi connectivity index (χ3n) is 6.86. The van der Waals surface area contributed by atoms with E-state index in [0.717, 1.165) is 47.5 Å². The van der Waals surface area contributed by atoms with Crippen LogP contribution in [0.4, 0.5) is 23.7 Å². The van der Waals surface area contributed by atoms with Gasteiger partial charge in [-0.05, 0) is 72.9 Å². The van der Waals surface area contributed by atoms with Crippen LogP contribution in [0.25, 0.3) is 22.6 Å². The van der Waals surface area contributed by atoms with Gasteiger partial charge in [-0.2, -0.15) is 4.99 Å². The molecular weight excluding hydrogens is 589 g/mol. The molecule has 12 heteroatoms. The summed E-state index contributed by atoms with van der Waals surface area (Å²) in [5, 5.41) is 7.92. The Morgan fingerprint density at radius 3 is 2.57 bits per heavy atom. The number of amidine groups is 1. The summed E-state index contributed by atoms with van der Waals surface area (Å²) in [6.45, 7) is 6.91. The lowest BCUT2D eigenvalue weighted by molar-refractivity contribution is -0.274. The molecule has 4 aromatic rings. The summed E-state index contributed by atoms with van der Waals surface area (Å²) in [6.07, 6.45) is 0.375. The van der Waals surface area contributed by atoms with E-state index in [2.05, 4.69) is 62.1 Å². The van der Waals surface area contributed by atoms with Crippen LogP contribution >= 0.6 is 11.8 Å². The summed E-state index contributed by atoms with van der Waals surface area (Å²) in [7, 11) is 0. The lowest BCUT2D eigenvalue weighted by atomic mass is 10.0. The van der Waals surface area contributed by atoms with Crippen LogP contribution in [0.2, 0.25) is 0 Å². The highest BCUT2D eigenvalue weighted by atomic mass is 32.2. The fourth-order valence-electron chi connectivity index (χ4n) is 4.70. The quantitative estimate of drug-likeness (QED) is 0.217. The van der Waals surface area contributed by atoms with Crippen LogP contribution in [0.3, 0.4) is 0 Å². The Balaban J connectivity index is 1.22. The van der Waals surface area contributed by atoms with Crippen molar-refractivity contribution in [3.05, 3.63) is 95.9 Å². The summed E-state index contributed by atoms with van der Waals surface area (Å²) in [5.41, 5.74) is 6.55. The summed E-state index contributed by atoms with van der Waals surface area (Å²) < 4.78 is 42.6. The number of carbonyl (C=O) groups excluding carboxylic acids is 1. The fourth-order valence-corrected chi connectivity index (χ4v) is 5.65. The number of nitrogens with one attached hydrogen (secondary N) is 1. The Morgan fingerprint density at radius 1 is 1.11 bits per heavy atom. The number of rotatable bonds is 8. The molecule has 228 valence electrons. The van der Waals surface area contributed by atoms with E-state index < -0.39 is 12.4 Å². The van der Waals surface area contributed by atoms with E-state index in [-0.39, 0.29) is 5.75 Å². The number of amides is 2. The molecule has 0 radical (unpaired) electrons. The normalized spacial score (nSPS) is 14.7. The number of alkyl halides is 3. The van der Waals surface area contributed by atoms with Crippen LogP contribution in [0.15, 0.2) is 84.2 Å². The predicted molar refractivity (Wildman–Crippen MR) is 168 cm³/mol. The lowest BCUT2D eigenvalue weighted by Gasteiger charge is -2.22. The molecule has 0 spiro atoms.